The normalized spacial score (nSPS) is 11.5. The third-order valence-electron chi connectivity index (χ3n) is 2.64. The molecule has 0 radical (unpaired) electrons. The average Bonchev–Trinajstić information content (AvgIpc) is 2.43. The van der Waals surface area contributed by atoms with E-state index in [4.69, 9.17) is 4.74 Å². The van der Waals surface area contributed by atoms with Crippen molar-refractivity contribution in [2.75, 3.05) is 0 Å². The zero-order valence-corrected chi connectivity index (χ0v) is 11.9. The van der Waals surface area contributed by atoms with E-state index >= 15 is 0 Å². The van der Waals surface area contributed by atoms with Crippen LogP contribution in [-0.4, -0.2) is 0 Å². The Kier molecular flexibility index (Phi) is 4.51. The topological polar surface area (TPSA) is 9.23 Å². The zero-order chi connectivity index (χ0) is 15.6. The summed E-state index contributed by atoms with van der Waals surface area (Å²) in [6.45, 7) is 0. The lowest BCUT2D eigenvalue weighted by atomic mass is 10.1. The highest BCUT2D eigenvalue weighted by Gasteiger charge is 2.35. The molecule has 2 aromatic rings. The van der Waals surface area contributed by atoms with E-state index in [1.165, 1.54) is 6.07 Å². The summed E-state index contributed by atoms with van der Waals surface area (Å²) in [4.78, 5) is 0. The second kappa shape index (κ2) is 6.01. The molecule has 21 heavy (non-hydrogen) atoms. The van der Waals surface area contributed by atoms with Gasteiger partial charge in [-0.15, -0.1) is 0 Å². The Labute approximate surface area is 125 Å². The summed E-state index contributed by atoms with van der Waals surface area (Å²) >= 11 is 3.05. The molecular weight excluding hydrogens is 359 g/mol. The molecule has 0 aliphatic carbocycles. The van der Waals surface area contributed by atoms with E-state index in [1.807, 2.05) is 0 Å². The second-order valence-corrected chi connectivity index (χ2v) is 4.68. The zero-order valence-electron chi connectivity index (χ0n) is 10.3. The Morgan fingerprint density at radius 3 is 2.33 bits per heavy atom. The lowest BCUT2D eigenvalue weighted by molar-refractivity contribution is -0.138. The Balaban J connectivity index is 2.46. The lowest BCUT2D eigenvalue weighted by Gasteiger charge is -2.15. The minimum absolute atomic E-state index is 0.227. The van der Waals surface area contributed by atoms with E-state index in [9.17, 15) is 22.0 Å². The molecule has 2 rings (SSSR count). The minimum atomic E-state index is -4.67. The van der Waals surface area contributed by atoms with E-state index in [-0.39, 0.29) is 5.33 Å². The minimum Gasteiger partial charge on any atom is -0.454 e. The summed E-state index contributed by atoms with van der Waals surface area (Å²) in [6.07, 6.45) is -4.67. The molecule has 0 aliphatic heterocycles. The smallest absolute Gasteiger partial charge is 0.419 e. The Morgan fingerprint density at radius 1 is 1.00 bits per heavy atom. The van der Waals surface area contributed by atoms with Crippen molar-refractivity contribution in [3.8, 4) is 11.5 Å². The molecule has 112 valence electrons. The summed E-state index contributed by atoms with van der Waals surface area (Å²) in [5, 5.41) is 0.227. The van der Waals surface area contributed by atoms with Crippen molar-refractivity contribution in [1.29, 1.82) is 0 Å². The molecule has 0 bridgehead atoms. The molecule has 2 aromatic carbocycles. The van der Waals surface area contributed by atoms with Crippen LogP contribution in [0.5, 0.6) is 11.5 Å². The molecule has 7 heteroatoms. The fraction of sp³-hybridized carbons (Fsp3) is 0.143. The SMILES string of the molecule is Fc1cccc(Oc2ccc(CBr)cc2C(F)(F)F)c1F. The van der Waals surface area contributed by atoms with Gasteiger partial charge in [-0.1, -0.05) is 28.1 Å². The molecule has 0 spiro atoms. The molecule has 1 nitrogen and oxygen atoms in total. The van der Waals surface area contributed by atoms with Crippen LogP contribution in [0, 0.1) is 11.6 Å². The molecule has 0 fully saturated rings. The van der Waals surface area contributed by atoms with Gasteiger partial charge in [0.05, 0.1) is 5.56 Å². The van der Waals surface area contributed by atoms with Gasteiger partial charge in [0.2, 0.25) is 5.82 Å². The first-order valence-electron chi connectivity index (χ1n) is 5.71. The van der Waals surface area contributed by atoms with Crippen molar-refractivity contribution < 1.29 is 26.7 Å². The van der Waals surface area contributed by atoms with Gasteiger partial charge in [-0.2, -0.15) is 17.6 Å². The molecule has 0 N–H and O–H groups in total. The second-order valence-electron chi connectivity index (χ2n) is 4.12. The number of hydrogen-bond acceptors (Lipinski definition) is 1. The molecular formula is C14H8BrF5O. The maximum atomic E-state index is 13.5. The van der Waals surface area contributed by atoms with Crippen molar-refractivity contribution in [3.05, 3.63) is 59.2 Å². The van der Waals surface area contributed by atoms with Crippen LogP contribution < -0.4 is 4.74 Å². The van der Waals surface area contributed by atoms with Gasteiger partial charge in [0.15, 0.2) is 11.6 Å². The van der Waals surface area contributed by atoms with Crippen LogP contribution in [0.2, 0.25) is 0 Å². The fourth-order valence-electron chi connectivity index (χ4n) is 1.65. The average molecular weight is 367 g/mol. The molecule has 0 heterocycles. The van der Waals surface area contributed by atoms with E-state index in [0.29, 0.717) is 5.56 Å². The fourth-order valence-corrected chi connectivity index (χ4v) is 2.00. The summed E-state index contributed by atoms with van der Waals surface area (Å²) in [5.41, 5.74) is -0.669. The number of rotatable bonds is 3. The van der Waals surface area contributed by atoms with Crippen LogP contribution >= 0.6 is 15.9 Å². The van der Waals surface area contributed by atoms with Gasteiger partial charge in [-0.3, -0.25) is 0 Å². The highest BCUT2D eigenvalue weighted by Crippen LogP contribution is 2.39. The lowest BCUT2D eigenvalue weighted by Crippen LogP contribution is -2.08. The third kappa shape index (κ3) is 3.53. The Bertz CT molecular complexity index is 654. The Morgan fingerprint density at radius 2 is 1.71 bits per heavy atom. The number of hydrogen-bond donors (Lipinski definition) is 0. The van der Waals surface area contributed by atoms with E-state index in [2.05, 4.69) is 15.9 Å². The largest absolute Gasteiger partial charge is 0.454 e. The van der Waals surface area contributed by atoms with Gasteiger partial charge in [-0.05, 0) is 29.8 Å². The molecule has 0 atom stereocenters. The quantitative estimate of drug-likeness (QED) is 0.502. The maximum Gasteiger partial charge on any atom is 0.419 e. The van der Waals surface area contributed by atoms with E-state index < -0.39 is 34.9 Å². The summed E-state index contributed by atoms with van der Waals surface area (Å²) < 4.78 is 70.4. The van der Waals surface area contributed by atoms with Crippen LogP contribution in [0.25, 0.3) is 0 Å². The number of benzene rings is 2. The third-order valence-corrected chi connectivity index (χ3v) is 3.29. The first-order chi connectivity index (χ1) is 9.82. The van der Waals surface area contributed by atoms with E-state index in [1.54, 1.807) is 0 Å². The van der Waals surface area contributed by atoms with Gasteiger partial charge >= 0.3 is 6.18 Å². The van der Waals surface area contributed by atoms with Gasteiger partial charge in [0, 0.05) is 5.33 Å². The van der Waals surface area contributed by atoms with Crippen molar-refractivity contribution >= 4 is 15.9 Å². The molecule has 0 saturated carbocycles. The molecule has 0 amide bonds. The van der Waals surface area contributed by atoms with Gasteiger partial charge in [-0.25, -0.2) is 4.39 Å². The first-order valence-corrected chi connectivity index (χ1v) is 6.83. The molecule has 0 aliphatic rings. The van der Waals surface area contributed by atoms with E-state index in [0.717, 1.165) is 30.3 Å². The monoisotopic (exact) mass is 366 g/mol. The van der Waals surface area contributed by atoms with Crippen LogP contribution in [0.15, 0.2) is 36.4 Å². The molecule has 0 saturated heterocycles. The maximum absolute atomic E-state index is 13.5. The van der Waals surface area contributed by atoms with Crippen LogP contribution in [0.3, 0.4) is 0 Å². The predicted octanol–water partition coefficient (Wildman–Crippen LogP) is 5.67. The van der Waals surface area contributed by atoms with Gasteiger partial charge in [0.1, 0.15) is 5.75 Å². The van der Waals surface area contributed by atoms with Gasteiger partial charge < -0.3 is 4.74 Å². The standard InChI is InChI=1S/C14H8BrF5O/c15-7-8-4-5-11(9(6-8)14(18,19)20)21-12-3-1-2-10(16)13(12)17/h1-6H,7H2. The highest BCUT2D eigenvalue weighted by molar-refractivity contribution is 9.08. The summed E-state index contributed by atoms with van der Waals surface area (Å²) in [5.74, 6) is -3.72. The van der Waals surface area contributed by atoms with Crippen LogP contribution in [0.1, 0.15) is 11.1 Å². The summed E-state index contributed by atoms with van der Waals surface area (Å²) in [7, 11) is 0. The van der Waals surface area contributed by atoms with Crippen molar-refractivity contribution in [2.24, 2.45) is 0 Å². The van der Waals surface area contributed by atoms with Crippen molar-refractivity contribution in [1.82, 2.24) is 0 Å². The number of alkyl halides is 4. The number of halogens is 6. The van der Waals surface area contributed by atoms with Gasteiger partial charge in [0.25, 0.3) is 0 Å². The van der Waals surface area contributed by atoms with Crippen LogP contribution in [-0.2, 0) is 11.5 Å². The Hall–Kier alpha value is -1.63. The predicted molar refractivity (Wildman–Crippen MR) is 70.5 cm³/mol. The first kappa shape index (κ1) is 15.8. The highest BCUT2D eigenvalue weighted by atomic mass is 79.9. The molecule has 0 aromatic heterocycles. The van der Waals surface area contributed by atoms with Crippen molar-refractivity contribution in [2.45, 2.75) is 11.5 Å². The summed E-state index contributed by atoms with van der Waals surface area (Å²) in [6, 6.07) is 6.41. The molecule has 0 unspecified atom stereocenters. The van der Waals surface area contributed by atoms with Crippen molar-refractivity contribution in [3.63, 3.8) is 0 Å². The van der Waals surface area contributed by atoms with Crippen LogP contribution in [0.4, 0.5) is 22.0 Å². The number of ether oxygens (including phenoxy) is 1.